The van der Waals surface area contributed by atoms with Crippen molar-refractivity contribution in [2.24, 2.45) is 0 Å². The normalized spacial score (nSPS) is 12.0. The first-order valence-electron chi connectivity index (χ1n) is 6.58. The van der Waals surface area contributed by atoms with E-state index in [0.29, 0.717) is 0 Å². The highest BCUT2D eigenvalue weighted by Crippen LogP contribution is 2.24. The van der Waals surface area contributed by atoms with Gasteiger partial charge in [0.05, 0.1) is 7.11 Å². The molecule has 0 aliphatic rings. The van der Waals surface area contributed by atoms with Crippen LogP contribution in [-0.2, 0) is 0 Å². The third-order valence-corrected chi connectivity index (χ3v) is 3.37. The SMILES string of the molecule is COc1ccc(NC(C)c2cc(C)ccc2C)cc1. The Morgan fingerprint density at radius 2 is 1.68 bits per heavy atom. The minimum atomic E-state index is 0.285. The van der Waals surface area contributed by atoms with Crippen LogP contribution in [0.15, 0.2) is 42.5 Å². The molecular formula is C17H21NO. The van der Waals surface area contributed by atoms with Crippen LogP contribution in [0.5, 0.6) is 5.75 Å². The van der Waals surface area contributed by atoms with Crippen LogP contribution in [0.1, 0.15) is 29.7 Å². The second-order valence-corrected chi connectivity index (χ2v) is 4.95. The van der Waals surface area contributed by atoms with Gasteiger partial charge in [0.2, 0.25) is 0 Å². The Morgan fingerprint density at radius 1 is 1.00 bits per heavy atom. The van der Waals surface area contributed by atoms with Crippen LogP contribution in [0.2, 0.25) is 0 Å². The van der Waals surface area contributed by atoms with Gasteiger partial charge in [-0.15, -0.1) is 0 Å². The van der Waals surface area contributed by atoms with Crippen molar-refractivity contribution in [3.63, 3.8) is 0 Å². The predicted octanol–water partition coefficient (Wildman–Crippen LogP) is 4.49. The van der Waals surface area contributed by atoms with Crippen molar-refractivity contribution in [3.05, 3.63) is 59.2 Å². The maximum atomic E-state index is 5.17. The van der Waals surface area contributed by atoms with Crippen LogP contribution in [0.4, 0.5) is 5.69 Å². The van der Waals surface area contributed by atoms with Gasteiger partial charge in [-0.1, -0.05) is 23.8 Å². The summed E-state index contributed by atoms with van der Waals surface area (Å²) in [5, 5.41) is 3.52. The van der Waals surface area contributed by atoms with E-state index < -0.39 is 0 Å². The van der Waals surface area contributed by atoms with Crippen molar-refractivity contribution >= 4 is 5.69 Å². The van der Waals surface area contributed by atoms with Crippen LogP contribution in [0, 0.1) is 13.8 Å². The van der Waals surface area contributed by atoms with Gasteiger partial charge in [0.25, 0.3) is 0 Å². The van der Waals surface area contributed by atoms with E-state index in [4.69, 9.17) is 4.74 Å². The molecule has 2 aromatic rings. The summed E-state index contributed by atoms with van der Waals surface area (Å²) < 4.78 is 5.17. The highest BCUT2D eigenvalue weighted by Gasteiger charge is 2.08. The van der Waals surface area contributed by atoms with Crippen molar-refractivity contribution in [2.75, 3.05) is 12.4 Å². The number of anilines is 1. The maximum absolute atomic E-state index is 5.17. The zero-order chi connectivity index (χ0) is 13.8. The topological polar surface area (TPSA) is 21.3 Å². The van der Waals surface area contributed by atoms with Gasteiger partial charge in [-0.3, -0.25) is 0 Å². The third-order valence-electron chi connectivity index (χ3n) is 3.37. The minimum Gasteiger partial charge on any atom is -0.497 e. The number of ether oxygens (including phenoxy) is 1. The number of benzene rings is 2. The summed E-state index contributed by atoms with van der Waals surface area (Å²) in [4.78, 5) is 0. The average molecular weight is 255 g/mol. The van der Waals surface area contributed by atoms with E-state index in [2.05, 4.69) is 44.3 Å². The Morgan fingerprint density at radius 3 is 2.32 bits per heavy atom. The molecule has 19 heavy (non-hydrogen) atoms. The zero-order valence-corrected chi connectivity index (χ0v) is 12.0. The summed E-state index contributed by atoms with van der Waals surface area (Å²) in [6.07, 6.45) is 0. The Labute approximate surface area is 115 Å². The van der Waals surface area contributed by atoms with Crippen LogP contribution < -0.4 is 10.1 Å². The van der Waals surface area contributed by atoms with Crippen molar-refractivity contribution in [3.8, 4) is 5.75 Å². The Balaban J connectivity index is 2.15. The number of methoxy groups -OCH3 is 1. The number of rotatable bonds is 4. The molecule has 0 aliphatic carbocycles. The van der Waals surface area contributed by atoms with Crippen molar-refractivity contribution in [1.82, 2.24) is 0 Å². The molecule has 2 nitrogen and oxygen atoms in total. The summed E-state index contributed by atoms with van der Waals surface area (Å²) in [5.41, 5.74) is 5.06. The lowest BCUT2D eigenvalue weighted by molar-refractivity contribution is 0.415. The van der Waals surface area contributed by atoms with Crippen LogP contribution in [0.25, 0.3) is 0 Å². The van der Waals surface area contributed by atoms with E-state index in [0.717, 1.165) is 11.4 Å². The third kappa shape index (κ3) is 3.28. The molecule has 0 spiro atoms. The van der Waals surface area contributed by atoms with Crippen LogP contribution in [-0.4, -0.2) is 7.11 Å². The second-order valence-electron chi connectivity index (χ2n) is 4.95. The molecule has 2 heteroatoms. The molecule has 1 N–H and O–H groups in total. The molecule has 2 rings (SSSR count). The van der Waals surface area contributed by atoms with Gasteiger partial charge in [-0.05, 0) is 56.2 Å². The number of hydrogen-bond donors (Lipinski definition) is 1. The van der Waals surface area contributed by atoms with Crippen molar-refractivity contribution < 1.29 is 4.74 Å². The molecule has 0 aromatic heterocycles. The molecular weight excluding hydrogens is 234 g/mol. The fourth-order valence-corrected chi connectivity index (χ4v) is 2.24. The summed E-state index contributed by atoms with van der Waals surface area (Å²) >= 11 is 0. The summed E-state index contributed by atoms with van der Waals surface area (Å²) in [6.45, 7) is 6.47. The molecule has 0 amide bonds. The molecule has 100 valence electrons. The first-order chi connectivity index (χ1) is 9.10. The minimum absolute atomic E-state index is 0.285. The molecule has 0 saturated carbocycles. The second kappa shape index (κ2) is 5.79. The van der Waals surface area contributed by atoms with Crippen LogP contribution in [0.3, 0.4) is 0 Å². The first kappa shape index (κ1) is 13.5. The molecule has 0 fully saturated rings. The van der Waals surface area contributed by atoms with Gasteiger partial charge in [-0.25, -0.2) is 0 Å². The summed E-state index contributed by atoms with van der Waals surface area (Å²) in [7, 11) is 1.68. The lowest BCUT2D eigenvalue weighted by Crippen LogP contribution is -2.08. The molecule has 2 aromatic carbocycles. The highest BCUT2D eigenvalue weighted by molar-refractivity contribution is 5.49. The van der Waals surface area contributed by atoms with Gasteiger partial charge in [0, 0.05) is 11.7 Å². The molecule has 0 bridgehead atoms. The molecule has 0 saturated heterocycles. The quantitative estimate of drug-likeness (QED) is 0.869. The number of aryl methyl sites for hydroxylation is 2. The summed E-state index contributed by atoms with van der Waals surface area (Å²) in [6, 6.07) is 14.9. The van der Waals surface area contributed by atoms with E-state index in [-0.39, 0.29) is 6.04 Å². The van der Waals surface area contributed by atoms with Gasteiger partial charge < -0.3 is 10.1 Å². The van der Waals surface area contributed by atoms with Gasteiger partial charge in [0.15, 0.2) is 0 Å². The highest BCUT2D eigenvalue weighted by atomic mass is 16.5. The van der Waals surface area contributed by atoms with Gasteiger partial charge in [0.1, 0.15) is 5.75 Å². The van der Waals surface area contributed by atoms with E-state index in [1.165, 1.54) is 16.7 Å². The molecule has 1 unspecified atom stereocenters. The van der Waals surface area contributed by atoms with E-state index >= 15 is 0 Å². The van der Waals surface area contributed by atoms with E-state index in [9.17, 15) is 0 Å². The lowest BCUT2D eigenvalue weighted by Gasteiger charge is -2.18. The molecule has 0 radical (unpaired) electrons. The Bertz CT molecular complexity index is 546. The van der Waals surface area contributed by atoms with Gasteiger partial charge in [-0.2, -0.15) is 0 Å². The lowest BCUT2D eigenvalue weighted by atomic mass is 10.00. The van der Waals surface area contributed by atoms with E-state index in [1.54, 1.807) is 7.11 Å². The molecule has 0 heterocycles. The average Bonchev–Trinajstić information content (AvgIpc) is 2.42. The largest absolute Gasteiger partial charge is 0.497 e. The number of nitrogens with one attached hydrogen (secondary N) is 1. The first-order valence-corrected chi connectivity index (χ1v) is 6.58. The van der Waals surface area contributed by atoms with E-state index in [1.807, 2.05) is 24.3 Å². The standard InChI is InChI=1S/C17H21NO/c1-12-5-6-13(2)17(11-12)14(3)18-15-7-9-16(19-4)10-8-15/h5-11,14,18H,1-4H3. The fourth-order valence-electron chi connectivity index (χ4n) is 2.24. The maximum Gasteiger partial charge on any atom is 0.119 e. The molecule has 0 aliphatic heterocycles. The van der Waals surface area contributed by atoms with Gasteiger partial charge >= 0.3 is 0 Å². The predicted molar refractivity (Wildman–Crippen MR) is 80.9 cm³/mol. The molecule has 1 atom stereocenters. The summed E-state index contributed by atoms with van der Waals surface area (Å²) in [5.74, 6) is 0.880. The Hall–Kier alpha value is -1.96. The number of hydrogen-bond acceptors (Lipinski definition) is 2. The smallest absolute Gasteiger partial charge is 0.119 e. The zero-order valence-electron chi connectivity index (χ0n) is 12.0. The monoisotopic (exact) mass is 255 g/mol. The fraction of sp³-hybridized carbons (Fsp3) is 0.294. The van der Waals surface area contributed by atoms with Crippen molar-refractivity contribution in [1.29, 1.82) is 0 Å². The van der Waals surface area contributed by atoms with Crippen molar-refractivity contribution in [2.45, 2.75) is 26.8 Å². The Kier molecular flexibility index (Phi) is 4.10. The van der Waals surface area contributed by atoms with Crippen LogP contribution >= 0.6 is 0 Å².